The number of hydrogen-bond donors (Lipinski definition) is 1. The summed E-state index contributed by atoms with van der Waals surface area (Å²) in [5.74, 6) is 0.806. The molecule has 0 radical (unpaired) electrons. The highest BCUT2D eigenvalue weighted by molar-refractivity contribution is 5.82. The minimum atomic E-state index is 0.452. The second-order valence-corrected chi connectivity index (χ2v) is 3.82. The van der Waals surface area contributed by atoms with E-state index in [2.05, 4.69) is 10.3 Å². The van der Waals surface area contributed by atoms with Crippen LogP contribution in [0.5, 0.6) is 0 Å². The van der Waals surface area contributed by atoms with Gasteiger partial charge in [0.2, 0.25) is 0 Å². The Morgan fingerprint density at radius 3 is 2.76 bits per heavy atom. The number of nitrogens with zero attached hydrogens (tertiary/aromatic N) is 2. The molecule has 0 spiro atoms. The van der Waals surface area contributed by atoms with E-state index < -0.39 is 0 Å². The second kappa shape index (κ2) is 3.90. The van der Waals surface area contributed by atoms with Crippen molar-refractivity contribution >= 4 is 23.5 Å². The third-order valence-electron chi connectivity index (χ3n) is 2.77. The molecule has 0 saturated heterocycles. The number of rotatable bonds is 2. The fourth-order valence-electron chi connectivity index (χ4n) is 1.93. The monoisotopic (exact) mass is 225 g/mol. The molecule has 0 fully saturated rings. The average molecular weight is 225 g/mol. The van der Waals surface area contributed by atoms with E-state index in [0.29, 0.717) is 12.4 Å². The number of fused-ring (bicyclic) bond motifs is 1. The van der Waals surface area contributed by atoms with Crippen molar-refractivity contribution in [3.63, 3.8) is 0 Å². The summed E-state index contributed by atoms with van der Waals surface area (Å²) in [6, 6.07) is 13.6. The molecule has 1 aliphatic rings. The van der Waals surface area contributed by atoms with Gasteiger partial charge in [-0.25, -0.2) is 4.98 Å². The summed E-state index contributed by atoms with van der Waals surface area (Å²) in [7, 11) is 0. The van der Waals surface area contributed by atoms with Gasteiger partial charge in [-0.15, -0.1) is 0 Å². The quantitative estimate of drug-likeness (QED) is 0.797. The smallest absolute Gasteiger partial charge is 0.168 e. The van der Waals surface area contributed by atoms with Crippen LogP contribution < -0.4 is 10.2 Å². The molecule has 2 heterocycles. The first-order valence-corrected chi connectivity index (χ1v) is 5.41. The first kappa shape index (κ1) is 9.84. The van der Waals surface area contributed by atoms with Gasteiger partial charge in [0.1, 0.15) is 5.69 Å². The maximum atomic E-state index is 10.7. The zero-order valence-corrected chi connectivity index (χ0v) is 9.13. The molecule has 2 aromatic rings. The van der Waals surface area contributed by atoms with Crippen LogP contribution in [0.4, 0.5) is 17.2 Å². The van der Waals surface area contributed by atoms with Crippen LogP contribution in [0.15, 0.2) is 42.5 Å². The Labute approximate surface area is 98.9 Å². The Morgan fingerprint density at radius 1 is 1.18 bits per heavy atom. The number of para-hydroxylation sites is 1. The lowest BCUT2D eigenvalue weighted by atomic mass is 10.3. The average Bonchev–Trinajstić information content (AvgIpc) is 2.82. The molecule has 1 aromatic heterocycles. The van der Waals surface area contributed by atoms with Crippen LogP contribution in [0.25, 0.3) is 0 Å². The van der Waals surface area contributed by atoms with Crippen molar-refractivity contribution in [3.8, 4) is 0 Å². The molecule has 1 aromatic carbocycles. The Hall–Kier alpha value is -2.36. The summed E-state index contributed by atoms with van der Waals surface area (Å²) in [6.07, 6.45) is 0.766. The lowest BCUT2D eigenvalue weighted by Crippen LogP contribution is -2.17. The van der Waals surface area contributed by atoms with Gasteiger partial charge in [-0.3, -0.25) is 4.79 Å². The maximum absolute atomic E-state index is 10.7. The van der Waals surface area contributed by atoms with Crippen LogP contribution in [0.3, 0.4) is 0 Å². The highest BCUT2D eigenvalue weighted by Crippen LogP contribution is 2.34. The van der Waals surface area contributed by atoms with Gasteiger partial charge in [0, 0.05) is 5.69 Å². The number of carbonyl (C=O) groups excluding carboxylic acids is 1. The SMILES string of the molecule is O=Cc1ccc2c(n1)N(c1ccccc1)CN2. The summed E-state index contributed by atoms with van der Waals surface area (Å²) >= 11 is 0. The molecular weight excluding hydrogens is 214 g/mol. The van der Waals surface area contributed by atoms with Crippen molar-refractivity contribution in [2.24, 2.45) is 0 Å². The van der Waals surface area contributed by atoms with Crippen LogP contribution in [0.2, 0.25) is 0 Å². The highest BCUT2D eigenvalue weighted by atomic mass is 16.1. The van der Waals surface area contributed by atoms with E-state index in [1.165, 1.54) is 0 Å². The summed E-state index contributed by atoms with van der Waals surface area (Å²) in [5, 5.41) is 3.25. The summed E-state index contributed by atoms with van der Waals surface area (Å²) in [4.78, 5) is 17.1. The van der Waals surface area contributed by atoms with Crippen molar-refractivity contribution in [1.29, 1.82) is 0 Å². The molecule has 4 heteroatoms. The molecule has 0 amide bonds. The van der Waals surface area contributed by atoms with E-state index in [-0.39, 0.29) is 0 Å². The lowest BCUT2D eigenvalue weighted by molar-refractivity contribution is 0.111. The van der Waals surface area contributed by atoms with Crippen molar-refractivity contribution in [2.75, 3.05) is 16.9 Å². The molecule has 17 heavy (non-hydrogen) atoms. The Kier molecular flexibility index (Phi) is 2.26. The number of carbonyl (C=O) groups is 1. The normalized spacial score (nSPS) is 13.1. The first-order valence-electron chi connectivity index (χ1n) is 5.41. The molecule has 4 nitrogen and oxygen atoms in total. The third-order valence-corrected chi connectivity index (χ3v) is 2.77. The van der Waals surface area contributed by atoms with Crippen molar-refractivity contribution in [3.05, 3.63) is 48.2 Å². The fraction of sp³-hybridized carbons (Fsp3) is 0.0769. The number of aldehydes is 1. The predicted octanol–water partition coefficient (Wildman–Crippen LogP) is 2.42. The van der Waals surface area contributed by atoms with E-state index in [4.69, 9.17) is 0 Å². The molecule has 0 atom stereocenters. The molecule has 84 valence electrons. The standard InChI is InChI=1S/C13H11N3O/c17-8-10-6-7-12-13(15-10)16(9-14-12)11-4-2-1-3-5-11/h1-8,14H,9H2. The zero-order chi connectivity index (χ0) is 11.7. The Morgan fingerprint density at radius 2 is 2.00 bits per heavy atom. The zero-order valence-electron chi connectivity index (χ0n) is 9.13. The van der Waals surface area contributed by atoms with Gasteiger partial charge in [-0.1, -0.05) is 18.2 Å². The van der Waals surface area contributed by atoms with Crippen LogP contribution in [-0.4, -0.2) is 17.9 Å². The van der Waals surface area contributed by atoms with Crippen molar-refractivity contribution < 1.29 is 4.79 Å². The number of nitrogens with one attached hydrogen (secondary N) is 1. The summed E-state index contributed by atoms with van der Waals surface area (Å²) < 4.78 is 0. The first-order chi connectivity index (χ1) is 8.38. The second-order valence-electron chi connectivity index (χ2n) is 3.82. The Bertz CT molecular complexity index is 554. The highest BCUT2D eigenvalue weighted by Gasteiger charge is 2.21. The van der Waals surface area contributed by atoms with Crippen LogP contribution in [0.1, 0.15) is 10.5 Å². The van der Waals surface area contributed by atoms with E-state index >= 15 is 0 Å². The maximum Gasteiger partial charge on any atom is 0.168 e. The lowest BCUT2D eigenvalue weighted by Gasteiger charge is -2.16. The van der Waals surface area contributed by atoms with Crippen LogP contribution >= 0.6 is 0 Å². The number of pyridine rings is 1. The van der Waals surface area contributed by atoms with Gasteiger partial charge in [-0.2, -0.15) is 0 Å². The van der Waals surface area contributed by atoms with E-state index in [1.54, 1.807) is 6.07 Å². The number of anilines is 3. The minimum absolute atomic E-state index is 0.452. The van der Waals surface area contributed by atoms with Gasteiger partial charge in [0.25, 0.3) is 0 Å². The molecule has 3 rings (SSSR count). The molecule has 1 N–H and O–H groups in total. The Balaban J connectivity index is 2.06. The van der Waals surface area contributed by atoms with E-state index in [1.807, 2.05) is 41.3 Å². The topological polar surface area (TPSA) is 45.2 Å². The molecule has 0 unspecified atom stereocenters. The molecule has 0 bridgehead atoms. The third kappa shape index (κ3) is 1.63. The summed E-state index contributed by atoms with van der Waals surface area (Å²) in [6.45, 7) is 0.675. The fourth-order valence-corrected chi connectivity index (χ4v) is 1.93. The van der Waals surface area contributed by atoms with E-state index in [9.17, 15) is 4.79 Å². The number of benzene rings is 1. The van der Waals surface area contributed by atoms with Crippen molar-refractivity contribution in [2.45, 2.75) is 0 Å². The molecular formula is C13H11N3O. The van der Waals surface area contributed by atoms with Crippen LogP contribution in [0, 0.1) is 0 Å². The van der Waals surface area contributed by atoms with Gasteiger partial charge < -0.3 is 10.2 Å². The van der Waals surface area contributed by atoms with Gasteiger partial charge in [0.05, 0.1) is 12.4 Å². The van der Waals surface area contributed by atoms with Gasteiger partial charge >= 0.3 is 0 Å². The van der Waals surface area contributed by atoms with Gasteiger partial charge in [0.15, 0.2) is 12.1 Å². The largest absolute Gasteiger partial charge is 0.364 e. The molecule has 0 saturated carbocycles. The van der Waals surface area contributed by atoms with E-state index in [0.717, 1.165) is 23.5 Å². The van der Waals surface area contributed by atoms with Gasteiger partial charge in [-0.05, 0) is 24.3 Å². The predicted molar refractivity (Wildman–Crippen MR) is 66.7 cm³/mol. The summed E-state index contributed by atoms with van der Waals surface area (Å²) in [5.41, 5.74) is 2.47. The molecule has 1 aliphatic heterocycles. The van der Waals surface area contributed by atoms with Crippen LogP contribution in [-0.2, 0) is 0 Å². The number of hydrogen-bond acceptors (Lipinski definition) is 4. The minimum Gasteiger partial charge on any atom is -0.364 e. The number of aromatic nitrogens is 1. The van der Waals surface area contributed by atoms with Crippen molar-refractivity contribution in [1.82, 2.24) is 4.98 Å². The molecule has 0 aliphatic carbocycles.